The highest BCUT2D eigenvalue weighted by atomic mass is 35.5. The number of quaternary nitrogens is 1. The summed E-state index contributed by atoms with van der Waals surface area (Å²) in [5.41, 5.74) is 1.34. The van der Waals surface area contributed by atoms with E-state index in [0.717, 1.165) is 20.3 Å². The number of benzene rings is 2. The minimum Gasteiger partial charge on any atom is -0.497 e. The highest BCUT2D eigenvalue weighted by Crippen LogP contribution is 2.24. The zero-order chi connectivity index (χ0) is 19.6. The third-order valence-corrected chi connectivity index (χ3v) is 4.48. The number of carbonyl (C=O) groups excluding carboxylic acids is 3. The molecule has 1 aliphatic rings. The SMILES string of the molecule is COc1ccc(N2C(=O)C(=O)N(C[NH+](C)Cc3ccc(Cl)cc3)C2=O)cc1. The van der Waals surface area contributed by atoms with E-state index in [0.29, 0.717) is 23.0 Å². The van der Waals surface area contributed by atoms with Gasteiger partial charge in [0, 0.05) is 10.6 Å². The van der Waals surface area contributed by atoms with Crippen molar-refractivity contribution < 1.29 is 24.0 Å². The second-order valence-electron chi connectivity index (χ2n) is 6.27. The fraction of sp³-hybridized carbons (Fsp3) is 0.211. The third kappa shape index (κ3) is 3.94. The Hall–Kier alpha value is -2.90. The summed E-state index contributed by atoms with van der Waals surface area (Å²) < 4.78 is 5.07. The second kappa shape index (κ2) is 7.77. The molecule has 1 unspecified atom stereocenters. The fourth-order valence-electron chi connectivity index (χ4n) is 2.88. The van der Waals surface area contributed by atoms with Crippen molar-refractivity contribution in [2.24, 2.45) is 0 Å². The Kier molecular flexibility index (Phi) is 5.43. The lowest BCUT2D eigenvalue weighted by Gasteiger charge is -2.20. The van der Waals surface area contributed by atoms with Crippen molar-refractivity contribution in [2.45, 2.75) is 6.54 Å². The lowest BCUT2D eigenvalue weighted by molar-refractivity contribution is -0.901. The van der Waals surface area contributed by atoms with E-state index in [2.05, 4.69) is 0 Å². The van der Waals surface area contributed by atoms with Gasteiger partial charge in [-0.3, -0.25) is 9.59 Å². The van der Waals surface area contributed by atoms with Gasteiger partial charge in [-0.25, -0.2) is 14.6 Å². The summed E-state index contributed by atoms with van der Waals surface area (Å²) >= 11 is 5.88. The molecule has 0 aliphatic carbocycles. The molecule has 1 N–H and O–H groups in total. The van der Waals surface area contributed by atoms with Crippen LogP contribution in [-0.4, -0.2) is 43.6 Å². The Morgan fingerprint density at radius 2 is 1.59 bits per heavy atom. The molecule has 140 valence electrons. The summed E-state index contributed by atoms with van der Waals surface area (Å²) in [5.74, 6) is -1.09. The zero-order valence-electron chi connectivity index (χ0n) is 14.9. The molecular formula is C19H19ClN3O4+. The Morgan fingerprint density at radius 3 is 2.19 bits per heavy atom. The van der Waals surface area contributed by atoms with Crippen molar-refractivity contribution in [1.82, 2.24) is 4.90 Å². The van der Waals surface area contributed by atoms with Crippen molar-refractivity contribution in [1.29, 1.82) is 0 Å². The van der Waals surface area contributed by atoms with E-state index in [-0.39, 0.29) is 6.67 Å². The summed E-state index contributed by atoms with van der Waals surface area (Å²) in [6.45, 7) is 0.656. The van der Waals surface area contributed by atoms with E-state index in [1.807, 2.05) is 19.2 Å². The molecular weight excluding hydrogens is 370 g/mol. The minimum atomic E-state index is -0.857. The van der Waals surface area contributed by atoms with E-state index in [9.17, 15) is 14.4 Å². The normalized spacial score (nSPS) is 15.4. The maximum absolute atomic E-state index is 12.7. The number of rotatable bonds is 6. The Bertz CT molecular complexity index is 868. The van der Waals surface area contributed by atoms with Crippen LogP contribution in [0.2, 0.25) is 5.02 Å². The number of hydrogen-bond donors (Lipinski definition) is 1. The largest absolute Gasteiger partial charge is 0.497 e. The van der Waals surface area contributed by atoms with Crippen LogP contribution in [0, 0.1) is 0 Å². The lowest BCUT2D eigenvalue weighted by atomic mass is 10.2. The minimum absolute atomic E-state index is 0.0820. The molecule has 1 fully saturated rings. The van der Waals surface area contributed by atoms with E-state index in [1.165, 1.54) is 7.11 Å². The van der Waals surface area contributed by atoms with Crippen LogP contribution in [0.4, 0.5) is 10.5 Å². The number of nitrogens with one attached hydrogen (secondary N) is 1. The predicted octanol–water partition coefficient (Wildman–Crippen LogP) is 1.32. The lowest BCUT2D eigenvalue weighted by Crippen LogP contribution is -3.09. The molecule has 7 nitrogen and oxygen atoms in total. The number of nitrogens with zero attached hydrogens (tertiary/aromatic N) is 2. The molecule has 0 radical (unpaired) electrons. The first kappa shape index (κ1) is 18.9. The summed E-state index contributed by atoms with van der Waals surface area (Å²) in [6, 6.07) is 13.1. The Labute approximate surface area is 161 Å². The van der Waals surface area contributed by atoms with Gasteiger partial charge in [0.1, 0.15) is 12.3 Å². The van der Waals surface area contributed by atoms with Crippen LogP contribution in [0.25, 0.3) is 0 Å². The molecule has 0 aromatic heterocycles. The molecule has 2 aromatic carbocycles. The van der Waals surface area contributed by atoms with Crippen molar-refractivity contribution in [2.75, 3.05) is 25.7 Å². The van der Waals surface area contributed by atoms with Crippen molar-refractivity contribution >= 4 is 35.1 Å². The van der Waals surface area contributed by atoms with E-state index >= 15 is 0 Å². The van der Waals surface area contributed by atoms with Gasteiger partial charge in [0.15, 0.2) is 6.67 Å². The average molecular weight is 389 g/mol. The number of urea groups is 1. The van der Waals surface area contributed by atoms with Crippen molar-refractivity contribution in [3.05, 3.63) is 59.1 Å². The highest BCUT2D eigenvalue weighted by Gasteiger charge is 2.46. The van der Waals surface area contributed by atoms with Gasteiger partial charge < -0.3 is 9.64 Å². The number of halogens is 1. The second-order valence-corrected chi connectivity index (χ2v) is 6.71. The first-order chi connectivity index (χ1) is 12.9. The number of imide groups is 2. The fourth-order valence-corrected chi connectivity index (χ4v) is 3.01. The van der Waals surface area contributed by atoms with Crippen molar-refractivity contribution in [3.8, 4) is 5.75 Å². The monoisotopic (exact) mass is 388 g/mol. The summed E-state index contributed by atoms with van der Waals surface area (Å²) in [4.78, 5) is 40.0. The smallest absolute Gasteiger partial charge is 0.343 e. The van der Waals surface area contributed by atoms with Crippen LogP contribution < -0.4 is 14.5 Å². The molecule has 0 bridgehead atoms. The van der Waals surface area contributed by atoms with Crippen LogP contribution in [0.15, 0.2) is 48.5 Å². The van der Waals surface area contributed by atoms with Crippen LogP contribution >= 0.6 is 11.6 Å². The number of anilines is 1. The van der Waals surface area contributed by atoms with Gasteiger partial charge in [0.25, 0.3) is 0 Å². The molecule has 1 atom stereocenters. The van der Waals surface area contributed by atoms with Gasteiger partial charge in [-0.1, -0.05) is 23.7 Å². The molecule has 3 rings (SSSR count). The molecule has 4 amide bonds. The molecule has 1 saturated heterocycles. The van der Waals surface area contributed by atoms with Gasteiger partial charge in [0.2, 0.25) is 0 Å². The number of amides is 4. The van der Waals surface area contributed by atoms with E-state index < -0.39 is 17.8 Å². The maximum atomic E-state index is 12.7. The molecule has 1 heterocycles. The van der Waals surface area contributed by atoms with Gasteiger partial charge in [0.05, 0.1) is 19.8 Å². The first-order valence-corrected chi connectivity index (χ1v) is 8.68. The summed E-state index contributed by atoms with van der Waals surface area (Å²) in [5, 5.41) is 0.641. The molecule has 0 saturated carbocycles. The Balaban J connectivity index is 1.72. The van der Waals surface area contributed by atoms with Gasteiger partial charge in [-0.2, -0.15) is 0 Å². The molecule has 27 heavy (non-hydrogen) atoms. The van der Waals surface area contributed by atoms with Crippen LogP contribution in [-0.2, 0) is 16.1 Å². The molecule has 0 spiro atoms. The molecule has 1 aliphatic heterocycles. The Morgan fingerprint density at radius 1 is 0.963 bits per heavy atom. The number of ether oxygens (including phenoxy) is 1. The molecule has 8 heteroatoms. The first-order valence-electron chi connectivity index (χ1n) is 8.30. The summed E-state index contributed by atoms with van der Waals surface area (Å²) in [7, 11) is 3.36. The highest BCUT2D eigenvalue weighted by molar-refractivity contribution is 6.52. The van der Waals surface area contributed by atoms with E-state index in [1.54, 1.807) is 36.4 Å². The topological polar surface area (TPSA) is 71.4 Å². The van der Waals surface area contributed by atoms with Crippen LogP contribution in [0.5, 0.6) is 5.75 Å². The van der Waals surface area contributed by atoms with Crippen LogP contribution in [0.1, 0.15) is 5.56 Å². The third-order valence-electron chi connectivity index (χ3n) is 4.23. The molecule has 2 aromatic rings. The predicted molar refractivity (Wildman–Crippen MR) is 99.6 cm³/mol. The van der Waals surface area contributed by atoms with Gasteiger partial charge in [-0.15, -0.1) is 0 Å². The standard InChI is InChI=1S/C19H18ClN3O4/c1-21(11-13-3-5-14(20)6-4-13)12-22-17(24)18(25)23(19(22)26)15-7-9-16(27-2)10-8-15/h3-10H,11-12H2,1-2H3/p+1. The van der Waals surface area contributed by atoms with Gasteiger partial charge >= 0.3 is 17.8 Å². The van der Waals surface area contributed by atoms with Crippen LogP contribution in [0.3, 0.4) is 0 Å². The maximum Gasteiger partial charge on any atom is 0.343 e. The average Bonchev–Trinajstić information content (AvgIpc) is 2.87. The van der Waals surface area contributed by atoms with E-state index in [4.69, 9.17) is 16.3 Å². The number of carbonyl (C=O) groups is 3. The number of methoxy groups -OCH3 is 1. The number of hydrogen-bond acceptors (Lipinski definition) is 4. The van der Waals surface area contributed by atoms with Gasteiger partial charge in [-0.05, 0) is 36.4 Å². The summed E-state index contributed by atoms with van der Waals surface area (Å²) in [6.07, 6.45) is 0. The van der Waals surface area contributed by atoms with Crippen molar-refractivity contribution in [3.63, 3.8) is 0 Å². The zero-order valence-corrected chi connectivity index (χ0v) is 15.7. The quantitative estimate of drug-likeness (QED) is 0.598.